The van der Waals surface area contributed by atoms with E-state index in [0.717, 1.165) is 25.7 Å². The average molecular weight is 374 g/mol. The predicted octanol–water partition coefficient (Wildman–Crippen LogP) is 4.90. The number of esters is 1. The molecular formula is C25H26O3. The van der Waals surface area contributed by atoms with Gasteiger partial charge in [-0.2, -0.15) is 0 Å². The van der Waals surface area contributed by atoms with Gasteiger partial charge in [-0.15, -0.1) is 0 Å². The van der Waals surface area contributed by atoms with Crippen LogP contribution in [0.25, 0.3) is 0 Å². The highest BCUT2D eigenvalue weighted by atomic mass is 16.5. The summed E-state index contributed by atoms with van der Waals surface area (Å²) in [5, 5.41) is 10.4. The van der Waals surface area contributed by atoms with Crippen molar-refractivity contribution in [2.45, 2.75) is 44.6 Å². The molecule has 2 aromatic carbocycles. The maximum Gasteiger partial charge on any atom is 0.343 e. The van der Waals surface area contributed by atoms with Crippen molar-refractivity contribution >= 4 is 5.97 Å². The van der Waals surface area contributed by atoms with E-state index in [1.54, 1.807) is 12.1 Å². The molecular weight excluding hydrogens is 348 g/mol. The van der Waals surface area contributed by atoms with Gasteiger partial charge in [-0.1, -0.05) is 43.3 Å². The van der Waals surface area contributed by atoms with Gasteiger partial charge in [0.05, 0.1) is 11.7 Å². The van der Waals surface area contributed by atoms with E-state index in [1.807, 2.05) is 30.3 Å². The number of carbonyl (C=O) groups excluding carboxylic acids is 1. The lowest BCUT2D eigenvalue weighted by atomic mass is 9.55. The van der Waals surface area contributed by atoms with Crippen LogP contribution in [-0.4, -0.2) is 17.2 Å². The van der Waals surface area contributed by atoms with Crippen molar-refractivity contribution in [3.63, 3.8) is 0 Å². The van der Waals surface area contributed by atoms with Crippen LogP contribution in [0.3, 0.4) is 0 Å². The molecule has 0 bridgehead atoms. The fraction of sp³-hybridized carbons (Fsp3) is 0.400. The lowest BCUT2D eigenvalue weighted by Gasteiger charge is -2.50. The molecule has 1 saturated carbocycles. The van der Waals surface area contributed by atoms with Crippen LogP contribution < -0.4 is 4.74 Å². The Morgan fingerprint density at radius 1 is 1.11 bits per heavy atom. The first-order valence-corrected chi connectivity index (χ1v) is 10.3. The Hall–Kier alpha value is -2.39. The van der Waals surface area contributed by atoms with Crippen LogP contribution in [0.1, 0.15) is 53.6 Å². The van der Waals surface area contributed by atoms with Crippen molar-refractivity contribution in [1.29, 1.82) is 0 Å². The molecule has 0 amide bonds. The van der Waals surface area contributed by atoms with E-state index in [9.17, 15) is 9.90 Å². The van der Waals surface area contributed by atoms with Crippen molar-refractivity contribution in [3.8, 4) is 5.75 Å². The van der Waals surface area contributed by atoms with Crippen molar-refractivity contribution in [1.82, 2.24) is 0 Å². The first kappa shape index (κ1) is 17.7. The molecule has 5 atom stereocenters. The average Bonchev–Trinajstić information content (AvgIpc) is 3.03. The van der Waals surface area contributed by atoms with Crippen molar-refractivity contribution in [2.24, 2.45) is 17.3 Å². The summed E-state index contributed by atoms with van der Waals surface area (Å²) in [6, 6.07) is 15.3. The molecule has 0 radical (unpaired) electrons. The first-order valence-electron chi connectivity index (χ1n) is 10.3. The van der Waals surface area contributed by atoms with Crippen LogP contribution in [0.5, 0.6) is 5.75 Å². The third kappa shape index (κ3) is 2.72. The highest BCUT2D eigenvalue weighted by Gasteiger charge is 2.52. The van der Waals surface area contributed by atoms with Crippen LogP contribution >= 0.6 is 0 Å². The summed E-state index contributed by atoms with van der Waals surface area (Å²) >= 11 is 0. The maximum atomic E-state index is 12.3. The minimum absolute atomic E-state index is 0.00379. The molecule has 3 aliphatic carbocycles. The molecule has 5 rings (SSSR count). The van der Waals surface area contributed by atoms with Crippen molar-refractivity contribution in [3.05, 3.63) is 77.4 Å². The fourth-order valence-electron chi connectivity index (χ4n) is 5.79. The molecule has 0 spiro atoms. The van der Waals surface area contributed by atoms with Gasteiger partial charge in [0, 0.05) is 5.41 Å². The van der Waals surface area contributed by atoms with E-state index in [0.29, 0.717) is 29.1 Å². The predicted molar refractivity (Wildman–Crippen MR) is 108 cm³/mol. The summed E-state index contributed by atoms with van der Waals surface area (Å²) in [5.41, 5.74) is 3.29. The van der Waals surface area contributed by atoms with Gasteiger partial charge in [0.25, 0.3) is 0 Å². The Morgan fingerprint density at radius 2 is 1.93 bits per heavy atom. The molecule has 0 aromatic heterocycles. The second-order valence-electron chi connectivity index (χ2n) is 8.83. The Bertz CT molecular complexity index is 932. The number of hydrogen-bond donors (Lipinski definition) is 1. The second kappa shape index (κ2) is 6.59. The number of carbonyl (C=O) groups is 1. The normalized spacial score (nSPS) is 32.9. The highest BCUT2D eigenvalue weighted by molar-refractivity contribution is 5.91. The molecule has 1 fully saturated rings. The third-order valence-corrected chi connectivity index (χ3v) is 7.39. The SMILES string of the molecule is C[C@]12CC[C@@H]3c4ccc(OC(=O)c5ccccc5)cc4CC[C@H]3[C@@H]1C=C[C@@H]2O. The van der Waals surface area contributed by atoms with Crippen LogP contribution in [0, 0.1) is 17.3 Å². The summed E-state index contributed by atoms with van der Waals surface area (Å²) < 4.78 is 5.62. The van der Waals surface area contributed by atoms with Gasteiger partial charge >= 0.3 is 5.97 Å². The largest absolute Gasteiger partial charge is 0.423 e. The number of aryl methyl sites for hydroxylation is 1. The first-order chi connectivity index (χ1) is 13.6. The summed E-state index contributed by atoms with van der Waals surface area (Å²) in [7, 11) is 0. The van der Waals surface area contributed by atoms with Crippen molar-refractivity contribution < 1.29 is 14.6 Å². The van der Waals surface area contributed by atoms with Crippen LogP contribution in [-0.2, 0) is 6.42 Å². The van der Waals surface area contributed by atoms with Gasteiger partial charge < -0.3 is 9.84 Å². The number of benzene rings is 2. The van der Waals surface area contributed by atoms with Gasteiger partial charge in [0.1, 0.15) is 5.75 Å². The third-order valence-electron chi connectivity index (χ3n) is 7.39. The summed E-state index contributed by atoms with van der Waals surface area (Å²) in [4.78, 5) is 12.3. The van der Waals surface area contributed by atoms with Gasteiger partial charge in [0.15, 0.2) is 0 Å². The molecule has 0 aliphatic heterocycles. The quantitative estimate of drug-likeness (QED) is 0.462. The Labute approximate surface area is 166 Å². The van der Waals surface area contributed by atoms with E-state index in [2.05, 4.69) is 25.1 Å². The van der Waals surface area contributed by atoms with Gasteiger partial charge in [-0.05, 0) is 78.8 Å². The zero-order valence-corrected chi connectivity index (χ0v) is 16.2. The number of hydrogen-bond acceptors (Lipinski definition) is 3. The zero-order valence-electron chi connectivity index (χ0n) is 16.2. The molecule has 28 heavy (non-hydrogen) atoms. The number of fused-ring (bicyclic) bond motifs is 5. The minimum Gasteiger partial charge on any atom is -0.423 e. The van der Waals surface area contributed by atoms with Crippen LogP contribution in [0.2, 0.25) is 0 Å². The van der Waals surface area contributed by atoms with E-state index >= 15 is 0 Å². The Balaban J connectivity index is 1.38. The van der Waals surface area contributed by atoms with Gasteiger partial charge in [0.2, 0.25) is 0 Å². The lowest BCUT2D eigenvalue weighted by Crippen LogP contribution is -2.44. The summed E-state index contributed by atoms with van der Waals surface area (Å²) in [5.74, 6) is 1.91. The summed E-state index contributed by atoms with van der Waals surface area (Å²) in [6.07, 6.45) is 8.27. The fourth-order valence-corrected chi connectivity index (χ4v) is 5.79. The summed E-state index contributed by atoms with van der Waals surface area (Å²) in [6.45, 7) is 2.25. The number of rotatable bonds is 2. The van der Waals surface area contributed by atoms with Gasteiger partial charge in [-0.25, -0.2) is 4.79 Å². The molecule has 3 nitrogen and oxygen atoms in total. The van der Waals surface area contributed by atoms with Crippen molar-refractivity contribution in [2.75, 3.05) is 0 Å². The van der Waals surface area contributed by atoms with E-state index in [-0.39, 0.29) is 17.5 Å². The van der Waals surface area contributed by atoms with Crippen LogP contribution in [0.15, 0.2) is 60.7 Å². The minimum atomic E-state index is -0.312. The Kier molecular flexibility index (Phi) is 4.17. The standard InChI is InChI=1S/C25H26O3/c1-25-14-13-20-19-10-8-18(28-24(27)16-5-3-2-4-6-16)15-17(19)7-9-21(20)22(25)11-12-23(25)26/h2-6,8,10-12,15,20-23,26H,7,9,13-14H2,1H3/t20-,21-,22+,23+,25+/m1/s1. The van der Waals surface area contributed by atoms with Gasteiger partial charge in [-0.3, -0.25) is 0 Å². The lowest BCUT2D eigenvalue weighted by molar-refractivity contribution is -0.0101. The van der Waals surface area contributed by atoms with E-state index < -0.39 is 0 Å². The van der Waals surface area contributed by atoms with E-state index in [4.69, 9.17) is 4.74 Å². The number of aliphatic hydroxyl groups is 1. The number of allylic oxidation sites excluding steroid dienone is 1. The topological polar surface area (TPSA) is 46.5 Å². The number of aliphatic hydroxyl groups excluding tert-OH is 1. The molecule has 3 heteroatoms. The molecule has 0 heterocycles. The van der Waals surface area contributed by atoms with Crippen LogP contribution in [0.4, 0.5) is 0 Å². The molecule has 2 aromatic rings. The molecule has 0 saturated heterocycles. The molecule has 144 valence electrons. The smallest absolute Gasteiger partial charge is 0.343 e. The maximum absolute atomic E-state index is 12.3. The number of ether oxygens (including phenoxy) is 1. The molecule has 0 unspecified atom stereocenters. The second-order valence-corrected chi connectivity index (χ2v) is 8.83. The molecule has 1 N–H and O–H groups in total. The van der Waals surface area contributed by atoms with E-state index in [1.165, 1.54) is 11.1 Å². The monoisotopic (exact) mass is 374 g/mol. The highest BCUT2D eigenvalue weighted by Crippen LogP contribution is 2.58. The Morgan fingerprint density at radius 3 is 2.75 bits per heavy atom. The molecule has 3 aliphatic rings. The zero-order chi connectivity index (χ0) is 19.3.